The number of hydrogen-bond donors (Lipinski definition) is 2. The summed E-state index contributed by atoms with van der Waals surface area (Å²) in [4.78, 5) is 0. The first-order chi connectivity index (χ1) is 15.2. The molecule has 0 spiro atoms. The summed E-state index contributed by atoms with van der Waals surface area (Å²) in [6.45, 7) is 20.2. The zero-order valence-corrected chi connectivity index (χ0v) is 24.9. The molecule has 7 heteroatoms. The Morgan fingerprint density at radius 3 is 1.14 bits per heavy atom. The lowest BCUT2D eigenvalue weighted by molar-refractivity contribution is 0.121. The second-order valence-electron chi connectivity index (χ2n) is 10.6. The molecule has 0 aromatic heterocycles. The molecular weight excluding hydrogens is 503 g/mol. The van der Waals surface area contributed by atoms with Crippen LogP contribution in [-0.4, -0.2) is 39.4 Å². The van der Waals surface area contributed by atoms with E-state index in [1.807, 2.05) is 36.4 Å². The van der Waals surface area contributed by atoms with E-state index >= 15 is 0 Å². The van der Waals surface area contributed by atoms with Crippen LogP contribution in [0.15, 0.2) is 60.7 Å². The van der Waals surface area contributed by atoms with E-state index in [-0.39, 0.29) is 37.2 Å². The molecule has 0 bridgehead atoms. The molecule has 0 heterocycles. The van der Waals surface area contributed by atoms with Crippen LogP contribution in [0.5, 0.6) is 0 Å². The number of benzene rings is 2. The largest absolute Gasteiger partial charge is 0.375 e. The van der Waals surface area contributed by atoms with Crippen LogP contribution in [-0.2, 0) is 22.7 Å². The summed E-state index contributed by atoms with van der Waals surface area (Å²) in [7, 11) is 0. The van der Waals surface area contributed by atoms with Crippen LogP contribution in [0.2, 0.25) is 0 Å². The van der Waals surface area contributed by atoms with Crippen LogP contribution >= 0.6 is 37.2 Å². The normalized spacial score (nSPS) is 10.7. The molecule has 0 saturated carbocycles. The Hall–Kier alpha value is -0.850. The first-order valence-electron chi connectivity index (χ1n) is 11.8. The van der Waals surface area contributed by atoms with Crippen molar-refractivity contribution in [3.8, 4) is 0 Å². The molecule has 0 aliphatic carbocycles. The van der Waals surface area contributed by atoms with E-state index in [0.717, 1.165) is 39.4 Å². The second-order valence-corrected chi connectivity index (χ2v) is 10.6. The van der Waals surface area contributed by atoms with E-state index in [4.69, 9.17) is 9.47 Å². The number of halogens is 3. The number of nitrogens with one attached hydrogen (secondary N) is 2. The van der Waals surface area contributed by atoms with Gasteiger partial charge in [-0.25, -0.2) is 0 Å². The zero-order valence-electron chi connectivity index (χ0n) is 22.5. The summed E-state index contributed by atoms with van der Waals surface area (Å²) in [6.07, 6.45) is 0. The molecule has 2 aromatic rings. The Morgan fingerprint density at radius 1 is 0.543 bits per heavy atom. The van der Waals surface area contributed by atoms with Crippen molar-refractivity contribution in [3.63, 3.8) is 0 Å². The fourth-order valence-corrected chi connectivity index (χ4v) is 2.74. The van der Waals surface area contributed by atoms with E-state index in [9.17, 15) is 0 Å². The van der Waals surface area contributed by atoms with Crippen molar-refractivity contribution >= 4 is 37.2 Å². The number of rotatable bonds is 12. The van der Waals surface area contributed by atoms with Crippen LogP contribution in [0.25, 0.3) is 0 Å². The third-order valence-electron chi connectivity index (χ3n) is 4.38. The van der Waals surface area contributed by atoms with Crippen molar-refractivity contribution in [2.45, 2.75) is 54.8 Å². The number of hydrogen-bond acceptors (Lipinski definition) is 4. The van der Waals surface area contributed by atoms with E-state index in [1.165, 1.54) is 11.1 Å². The Balaban J connectivity index is -0.000000539. The van der Waals surface area contributed by atoms with E-state index in [0.29, 0.717) is 24.0 Å². The lowest BCUT2D eigenvalue weighted by atomic mass is 9.97. The lowest BCUT2D eigenvalue weighted by Crippen LogP contribution is -2.29. The highest BCUT2D eigenvalue weighted by molar-refractivity contribution is 5.86. The summed E-state index contributed by atoms with van der Waals surface area (Å²) >= 11 is 0. The van der Waals surface area contributed by atoms with Crippen molar-refractivity contribution in [2.75, 3.05) is 39.4 Å². The van der Waals surface area contributed by atoms with Gasteiger partial charge in [-0.1, -0.05) is 102 Å². The Labute approximate surface area is 233 Å². The average molecular weight is 552 g/mol. The van der Waals surface area contributed by atoms with Gasteiger partial charge in [0, 0.05) is 26.2 Å². The van der Waals surface area contributed by atoms with Crippen LogP contribution in [0, 0.1) is 10.8 Å². The minimum atomic E-state index is 0. The summed E-state index contributed by atoms with van der Waals surface area (Å²) in [6, 6.07) is 20.5. The van der Waals surface area contributed by atoms with E-state index < -0.39 is 0 Å². The van der Waals surface area contributed by atoms with Gasteiger partial charge in [0.05, 0.1) is 26.4 Å². The summed E-state index contributed by atoms with van der Waals surface area (Å²) in [5, 5.41) is 6.77. The van der Waals surface area contributed by atoms with Crippen molar-refractivity contribution in [3.05, 3.63) is 71.8 Å². The second kappa shape index (κ2) is 22.4. The lowest BCUT2D eigenvalue weighted by Gasteiger charge is -2.18. The standard InChI is InChI=1S/2C14H23NO.3ClH/c2*1-14(2,3)12-15-9-10-16-11-13-7-5-4-6-8-13;;;/h2*4-8,15H,9-12H2,1-3H3;3*1H. The van der Waals surface area contributed by atoms with E-state index in [1.54, 1.807) is 0 Å². The van der Waals surface area contributed by atoms with E-state index in [2.05, 4.69) is 76.4 Å². The van der Waals surface area contributed by atoms with Gasteiger partial charge in [0.15, 0.2) is 0 Å². The molecule has 0 aliphatic rings. The number of ether oxygens (including phenoxy) is 2. The molecule has 0 amide bonds. The molecule has 204 valence electrons. The fourth-order valence-electron chi connectivity index (χ4n) is 2.74. The van der Waals surface area contributed by atoms with Crippen LogP contribution in [0.3, 0.4) is 0 Å². The molecular formula is C28H49Cl3N2O2. The topological polar surface area (TPSA) is 42.5 Å². The van der Waals surface area contributed by atoms with Crippen molar-refractivity contribution in [2.24, 2.45) is 10.8 Å². The third-order valence-corrected chi connectivity index (χ3v) is 4.38. The minimum absolute atomic E-state index is 0. The highest BCUT2D eigenvalue weighted by Gasteiger charge is 2.08. The molecule has 0 atom stereocenters. The highest BCUT2D eigenvalue weighted by Crippen LogP contribution is 2.10. The zero-order chi connectivity index (χ0) is 23.7. The minimum Gasteiger partial charge on any atom is -0.375 e. The predicted molar refractivity (Wildman–Crippen MR) is 159 cm³/mol. The van der Waals surface area contributed by atoms with Crippen molar-refractivity contribution in [1.82, 2.24) is 10.6 Å². The van der Waals surface area contributed by atoms with Gasteiger partial charge in [0.2, 0.25) is 0 Å². The molecule has 0 aliphatic heterocycles. The molecule has 0 fully saturated rings. The van der Waals surface area contributed by atoms with Crippen LogP contribution in [0.1, 0.15) is 52.7 Å². The van der Waals surface area contributed by atoms with Crippen molar-refractivity contribution < 1.29 is 9.47 Å². The molecule has 2 aromatic carbocycles. The van der Waals surface area contributed by atoms with Gasteiger partial charge in [-0.15, -0.1) is 37.2 Å². The van der Waals surface area contributed by atoms with Gasteiger partial charge in [0.25, 0.3) is 0 Å². The molecule has 2 rings (SSSR count). The van der Waals surface area contributed by atoms with Gasteiger partial charge < -0.3 is 20.1 Å². The summed E-state index contributed by atoms with van der Waals surface area (Å²) in [5.74, 6) is 0. The maximum absolute atomic E-state index is 5.57. The Morgan fingerprint density at radius 2 is 0.857 bits per heavy atom. The smallest absolute Gasteiger partial charge is 0.0717 e. The summed E-state index contributed by atoms with van der Waals surface area (Å²) in [5.41, 5.74) is 3.16. The van der Waals surface area contributed by atoms with Gasteiger partial charge in [-0.3, -0.25) is 0 Å². The molecule has 0 unspecified atom stereocenters. The predicted octanol–water partition coefficient (Wildman–Crippen LogP) is 6.94. The molecule has 0 saturated heterocycles. The van der Waals surface area contributed by atoms with Crippen LogP contribution in [0.4, 0.5) is 0 Å². The average Bonchev–Trinajstić information content (AvgIpc) is 2.74. The fraction of sp³-hybridized carbons (Fsp3) is 0.571. The Bertz CT molecular complexity index is 629. The van der Waals surface area contributed by atoms with Crippen LogP contribution < -0.4 is 10.6 Å². The first kappa shape index (κ1) is 38.7. The first-order valence-corrected chi connectivity index (χ1v) is 11.8. The quantitative estimate of drug-likeness (QED) is 0.280. The monoisotopic (exact) mass is 550 g/mol. The Kier molecular flexibility index (Phi) is 24.7. The van der Waals surface area contributed by atoms with Gasteiger partial charge >= 0.3 is 0 Å². The third kappa shape index (κ3) is 26.0. The maximum atomic E-state index is 5.57. The molecule has 35 heavy (non-hydrogen) atoms. The van der Waals surface area contributed by atoms with Gasteiger partial charge in [-0.05, 0) is 22.0 Å². The SMILES string of the molecule is CC(C)(C)CNCCOCc1ccccc1.CC(C)(C)CNCCOCc1ccccc1.Cl.Cl.Cl. The maximum Gasteiger partial charge on any atom is 0.0717 e. The highest BCUT2D eigenvalue weighted by atomic mass is 35.5. The molecule has 0 radical (unpaired) electrons. The summed E-state index contributed by atoms with van der Waals surface area (Å²) < 4.78 is 11.1. The van der Waals surface area contributed by atoms with Gasteiger partial charge in [0.1, 0.15) is 0 Å². The molecule has 2 N–H and O–H groups in total. The van der Waals surface area contributed by atoms with Gasteiger partial charge in [-0.2, -0.15) is 0 Å². The van der Waals surface area contributed by atoms with Crippen molar-refractivity contribution in [1.29, 1.82) is 0 Å². The molecule has 4 nitrogen and oxygen atoms in total.